The Balaban J connectivity index is 2.36. The summed E-state index contributed by atoms with van der Waals surface area (Å²) in [6.45, 7) is 2.18. The number of rotatable bonds is 1. The molecule has 1 aromatic carbocycles. The summed E-state index contributed by atoms with van der Waals surface area (Å²) in [5.41, 5.74) is 0.747. The highest BCUT2D eigenvalue weighted by Gasteiger charge is 2.30. The first-order valence-electron chi connectivity index (χ1n) is 5.06. The summed E-state index contributed by atoms with van der Waals surface area (Å²) in [4.78, 5) is 24.7. The summed E-state index contributed by atoms with van der Waals surface area (Å²) in [6.07, 6.45) is 0. The van der Waals surface area contributed by atoms with Gasteiger partial charge in [-0.1, -0.05) is 22.9 Å². The Bertz CT molecular complexity index is 490. The highest BCUT2D eigenvalue weighted by Crippen LogP contribution is 2.31. The zero-order valence-corrected chi connectivity index (χ0v) is 12.2. The fourth-order valence-electron chi connectivity index (χ4n) is 1.64. The first kappa shape index (κ1) is 12.6. The number of benzene rings is 1. The molecule has 0 bridgehead atoms. The van der Waals surface area contributed by atoms with Crippen molar-refractivity contribution in [2.24, 2.45) is 5.92 Å². The molecule has 2 rings (SSSR count). The SMILES string of the molecule is CC1CN(c2cc(Br)ccc2Br)C(=O)NC1=O. The van der Waals surface area contributed by atoms with Crippen molar-refractivity contribution in [1.29, 1.82) is 0 Å². The lowest BCUT2D eigenvalue weighted by atomic mass is 10.1. The van der Waals surface area contributed by atoms with E-state index in [1.165, 1.54) is 0 Å². The van der Waals surface area contributed by atoms with Gasteiger partial charge >= 0.3 is 6.03 Å². The van der Waals surface area contributed by atoms with Crippen molar-refractivity contribution in [2.45, 2.75) is 6.92 Å². The molecule has 17 heavy (non-hydrogen) atoms. The molecule has 1 heterocycles. The normalized spacial score (nSPS) is 20.4. The number of amides is 3. The van der Waals surface area contributed by atoms with Crippen LogP contribution in [0.4, 0.5) is 10.5 Å². The highest BCUT2D eigenvalue weighted by molar-refractivity contribution is 9.11. The minimum atomic E-state index is -0.382. The predicted octanol–water partition coefficient (Wildman–Crippen LogP) is 2.90. The second kappa shape index (κ2) is 4.78. The van der Waals surface area contributed by atoms with Crippen molar-refractivity contribution in [3.05, 3.63) is 27.1 Å². The molecule has 1 fully saturated rings. The molecular formula is C11H10Br2N2O2. The van der Waals surface area contributed by atoms with Gasteiger partial charge in [0.2, 0.25) is 5.91 Å². The third-order valence-electron chi connectivity index (χ3n) is 2.58. The van der Waals surface area contributed by atoms with E-state index in [9.17, 15) is 9.59 Å². The number of nitrogens with one attached hydrogen (secondary N) is 1. The lowest BCUT2D eigenvalue weighted by Crippen LogP contribution is -2.54. The van der Waals surface area contributed by atoms with Crippen LogP contribution in [0.25, 0.3) is 0 Å². The molecule has 1 aliphatic heterocycles. The molecule has 1 N–H and O–H groups in total. The molecule has 1 atom stereocenters. The Morgan fingerprint density at radius 2 is 2.06 bits per heavy atom. The molecular weight excluding hydrogens is 352 g/mol. The molecule has 6 heteroatoms. The van der Waals surface area contributed by atoms with Crippen molar-refractivity contribution >= 4 is 49.5 Å². The predicted molar refractivity (Wildman–Crippen MR) is 71.9 cm³/mol. The minimum Gasteiger partial charge on any atom is -0.292 e. The topological polar surface area (TPSA) is 49.4 Å². The van der Waals surface area contributed by atoms with Crippen LogP contribution < -0.4 is 10.2 Å². The number of imide groups is 1. The van der Waals surface area contributed by atoms with E-state index in [4.69, 9.17) is 0 Å². The number of urea groups is 1. The molecule has 0 aromatic heterocycles. The summed E-state index contributed by atoms with van der Waals surface area (Å²) in [5, 5.41) is 2.34. The fourth-order valence-corrected chi connectivity index (χ4v) is 2.45. The third-order valence-corrected chi connectivity index (χ3v) is 3.74. The van der Waals surface area contributed by atoms with Gasteiger partial charge in [0.15, 0.2) is 0 Å². The maximum atomic E-state index is 11.8. The Labute approximate surface area is 116 Å². The zero-order valence-electron chi connectivity index (χ0n) is 9.04. The Morgan fingerprint density at radius 1 is 1.35 bits per heavy atom. The van der Waals surface area contributed by atoms with Crippen molar-refractivity contribution in [2.75, 3.05) is 11.4 Å². The number of carbonyl (C=O) groups excluding carboxylic acids is 2. The van der Waals surface area contributed by atoms with Crippen molar-refractivity contribution < 1.29 is 9.59 Å². The lowest BCUT2D eigenvalue weighted by Gasteiger charge is -2.31. The molecule has 90 valence electrons. The second-order valence-electron chi connectivity index (χ2n) is 3.90. The molecule has 1 aliphatic rings. The minimum absolute atomic E-state index is 0.210. The Morgan fingerprint density at radius 3 is 2.76 bits per heavy atom. The number of anilines is 1. The molecule has 0 spiro atoms. The Hall–Kier alpha value is -0.880. The average Bonchev–Trinajstić information content (AvgIpc) is 2.27. The van der Waals surface area contributed by atoms with Crippen LogP contribution >= 0.6 is 31.9 Å². The summed E-state index contributed by atoms with van der Waals surface area (Å²) in [7, 11) is 0. The summed E-state index contributed by atoms with van der Waals surface area (Å²) in [6, 6.07) is 5.19. The average molecular weight is 362 g/mol. The van der Waals surface area contributed by atoms with Gasteiger partial charge in [0.1, 0.15) is 0 Å². The molecule has 3 amide bonds. The number of nitrogens with zero attached hydrogens (tertiary/aromatic N) is 1. The van der Waals surface area contributed by atoms with Crippen LogP contribution in [0, 0.1) is 5.92 Å². The van der Waals surface area contributed by atoms with Crippen LogP contribution in [-0.4, -0.2) is 18.5 Å². The smallest absolute Gasteiger partial charge is 0.292 e. The van der Waals surface area contributed by atoms with E-state index < -0.39 is 0 Å². The van der Waals surface area contributed by atoms with Crippen LogP contribution in [0.1, 0.15) is 6.92 Å². The quantitative estimate of drug-likeness (QED) is 0.836. The van der Waals surface area contributed by atoms with Crippen molar-refractivity contribution in [3.63, 3.8) is 0 Å². The number of carbonyl (C=O) groups is 2. The first-order chi connectivity index (χ1) is 7.99. The van der Waals surface area contributed by atoms with Gasteiger partial charge in [-0.25, -0.2) is 4.79 Å². The number of hydrogen-bond donors (Lipinski definition) is 1. The fraction of sp³-hybridized carbons (Fsp3) is 0.273. The first-order valence-corrected chi connectivity index (χ1v) is 6.65. The third kappa shape index (κ3) is 2.52. The summed E-state index contributed by atoms with van der Waals surface area (Å²) in [5.74, 6) is -0.434. The van der Waals surface area contributed by atoms with Crippen LogP contribution in [0.15, 0.2) is 27.1 Å². The second-order valence-corrected chi connectivity index (χ2v) is 5.67. The standard InChI is InChI=1S/C11H10Br2N2O2/c1-6-5-15(11(17)14-10(6)16)9-4-7(12)2-3-8(9)13/h2-4,6H,5H2,1H3,(H,14,16,17). The maximum absolute atomic E-state index is 11.8. The highest BCUT2D eigenvalue weighted by atomic mass is 79.9. The van der Waals surface area contributed by atoms with Crippen molar-refractivity contribution in [3.8, 4) is 0 Å². The van der Waals surface area contributed by atoms with Gasteiger partial charge in [-0.05, 0) is 34.1 Å². The summed E-state index contributed by atoms with van der Waals surface area (Å²) >= 11 is 6.76. The van der Waals surface area contributed by atoms with Gasteiger partial charge in [-0.3, -0.25) is 15.0 Å². The maximum Gasteiger partial charge on any atom is 0.328 e. The molecule has 4 nitrogen and oxygen atoms in total. The number of hydrogen-bond acceptors (Lipinski definition) is 2. The van der Waals surface area contributed by atoms with Crippen LogP contribution in [0.5, 0.6) is 0 Å². The molecule has 1 saturated heterocycles. The van der Waals surface area contributed by atoms with E-state index in [-0.39, 0.29) is 17.9 Å². The van der Waals surface area contributed by atoms with E-state index in [0.29, 0.717) is 6.54 Å². The lowest BCUT2D eigenvalue weighted by molar-refractivity contribution is -0.123. The van der Waals surface area contributed by atoms with Gasteiger partial charge in [0.25, 0.3) is 0 Å². The van der Waals surface area contributed by atoms with Gasteiger partial charge in [-0.2, -0.15) is 0 Å². The van der Waals surface area contributed by atoms with E-state index in [0.717, 1.165) is 14.6 Å². The van der Waals surface area contributed by atoms with Crippen LogP contribution in [0.2, 0.25) is 0 Å². The summed E-state index contributed by atoms with van der Waals surface area (Å²) < 4.78 is 1.70. The largest absolute Gasteiger partial charge is 0.328 e. The van der Waals surface area contributed by atoms with E-state index in [1.54, 1.807) is 11.8 Å². The molecule has 0 aliphatic carbocycles. The zero-order chi connectivity index (χ0) is 12.6. The van der Waals surface area contributed by atoms with Crippen LogP contribution in [-0.2, 0) is 4.79 Å². The van der Waals surface area contributed by atoms with Gasteiger partial charge in [0.05, 0.1) is 11.6 Å². The van der Waals surface area contributed by atoms with E-state index in [1.807, 2.05) is 18.2 Å². The van der Waals surface area contributed by atoms with E-state index in [2.05, 4.69) is 37.2 Å². The van der Waals surface area contributed by atoms with Gasteiger partial charge in [0, 0.05) is 15.5 Å². The Kier molecular flexibility index (Phi) is 3.53. The number of halogens is 2. The molecule has 1 aromatic rings. The molecule has 1 unspecified atom stereocenters. The van der Waals surface area contributed by atoms with Gasteiger partial charge < -0.3 is 0 Å². The molecule has 0 radical (unpaired) electrons. The van der Waals surface area contributed by atoms with Crippen molar-refractivity contribution in [1.82, 2.24) is 5.32 Å². The monoisotopic (exact) mass is 360 g/mol. The molecule has 0 saturated carbocycles. The van der Waals surface area contributed by atoms with Crippen LogP contribution in [0.3, 0.4) is 0 Å². The van der Waals surface area contributed by atoms with E-state index >= 15 is 0 Å². The van der Waals surface area contributed by atoms with Gasteiger partial charge in [-0.15, -0.1) is 0 Å².